The molecule has 1 amide bonds. The zero-order valence-corrected chi connectivity index (χ0v) is 12.9. The van der Waals surface area contributed by atoms with Crippen LogP contribution >= 0.6 is 11.3 Å². The van der Waals surface area contributed by atoms with E-state index in [1.54, 1.807) is 34.6 Å². The first-order valence-corrected chi connectivity index (χ1v) is 8.16. The van der Waals surface area contributed by atoms with Gasteiger partial charge in [-0.15, -0.1) is 11.3 Å². The SMILES string of the molecule is O=C(COc1ccccc1F)N1CCC[C@H](c2nccs2)C1. The van der Waals surface area contributed by atoms with Gasteiger partial charge in [0.05, 0.1) is 5.01 Å². The van der Waals surface area contributed by atoms with Crippen LogP contribution in [0.15, 0.2) is 35.8 Å². The van der Waals surface area contributed by atoms with E-state index in [0.29, 0.717) is 12.5 Å². The van der Waals surface area contributed by atoms with E-state index in [9.17, 15) is 9.18 Å². The van der Waals surface area contributed by atoms with Gasteiger partial charge in [0.25, 0.3) is 5.91 Å². The summed E-state index contributed by atoms with van der Waals surface area (Å²) < 4.78 is 18.8. The highest BCUT2D eigenvalue weighted by atomic mass is 32.1. The van der Waals surface area contributed by atoms with Gasteiger partial charge in [-0.1, -0.05) is 12.1 Å². The van der Waals surface area contributed by atoms with Crippen LogP contribution in [-0.2, 0) is 4.79 Å². The van der Waals surface area contributed by atoms with E-state index in [0.717, 1.165) is 24.4 Å². The highest BCUT2D eigenvalue weighted by molar-refractivity contribution is 7.09. The van der Waals surface area contributed by atoms with Crippen molar-refractivity contribution in [1.82, 2.24) is 9.88 Å². The maximum absolute atomic E-state index is 13.5. The maximum atomic E-state index is 13.5. The Balaban J connectivity index is 1.57. The van der Waals surface area contributed by atoms with E-state index in [2.05, 4.69) is 4.98 Å². The van der Waals surface area contributed by atoms with E-state index in [1.165, 1.54) is 12.1 Å². The average Bonchev–Trinajstić information content (AvgIpc) is 3.08. The fraction of sp³-hybridized carbons (Fsp3) is 0.375. The Morgan fingerprint density at radius 1 is 1.45 bits per heavy atom. The number of rotatable bonds is 4. The van der Waals surface area contributed by atoms with Crippen LogP contribution in [0.3, 0.4) is 0 Å². The highest BCUT2D eigenvalue weighted by Crippen LogP contribution is 2.28. The van der Waals surface area contributed by atoms with Gasteiger partial charge in [0.2, 0.25) is 0 Å². The molecule has 116 valence electrons. The molecule has 0 bridgehead atoms. The lowest BCUT2D eigenvalue weighted by Crippen LogP contribution is -2.41. The van der Waals surface area contributed by atoms with Crippen molar-refractivity contribution < 1.29 is 13.9 Å². The maximum Gasteiger partial charge on any atom is 0.260 e. The van der Waals surface area contributed by atoms with E-state index in [4.69, 9.17) is 4.74 Å². The number of carbonyl (C=O) groups excluding carboxylic acids is 1. The molecular formula is C16H17FN2O2S. The van der Waals surface area contributed by atoms with Crippen molar-refractivity contribution in [2.45, 2.75) is 18.8 Å². The van der Waals surface area contributed by atoms with Crippen molar-refractivity contribution in [2.24, 2.45) is 0 Å². The summed E-state index contributed by atoms with van der Waals surface area (Å²) in [4.78, 5) is 18.4. The molecule has 1 aromatic heterocycles. The molecule has 0 aliphatic carbocycles. The van der Waals surface area contributed by atoms with Crippen molar-refractivity contribution in [3.05, 3.63) is 46.7 Å². The van der Waals surface area contributed by atoms with Gasteiger partial charge in [-0.05, 0) is 25.0 Å². The molecule has 0 saturated carbocycles. The van der Waals surface area contributed by atoms with Gasteiger partial charge in [0.15, 0.2) is 18.2 Å². The number of hydrogen-bond acceptors (Lipinski definition) is 4. The molecule has 1 aliphatic rings. The molecule has 4 nitrogen and oxygen atoms in total. The minimum Gasteiger partial charge on any atom is -0.481 e. The van der Waals surface area contributed by atoms with Crippen LogP contribution in [0.2, 0.25) is 0 Å². The fourth-order valence-corrected chi connectivity index (χ4v) is 3.40. The molecule has 2 heterocycles. The summed E-state index contributed by atoms with van der Waals surface area (Å²) in [6.07, 6.45) is 3.79. The Kier molecular flexibility index (Phi) is 4.68. The van der Waals surface area contributed by atoms with Gasteiger partial charge in [-0.3, -0.25) is 4.79 Å². The number of halogens is 1. The van der Waals surface area contributed by atoms with E-state index < -0.39 is 5.82 Å². The number of ether oxygens (including phenoxy) is 1. The van der Waals surface area contributed by atoms with Crippen LogP contribution in [0.1, 0.15) is 23.8 Å². The number of amides is 1. The summed E-state index contributed by atoms with van der Waals surface area (Å²) in [6, 6.07) is 6.12. The Morgan fingerprint density at radius 2 is 2.32 bits per heavy atom. The monoisotopic (exact) mass is 320 g/mol. The molecule has 0 N–H and O–H groups in total. The summed E-state index contributed by atoms with van der Waals surface area (Å²) >= 11 is 1.63. The third kappa shape index (κ3) is 3.44. The van der Waals surface area contributed by atoms with Crippen LogP contribution in [0.5, 0.6) is 5.75 Å². The third-order valence-corrected chi connectivity index (χ3v) is 4.70. The number of likely N-dealkylation sites (tertiary alicyclic amines) is 1. The Morgan fingerprint density at radius 3 is 3.09 bits per heavy atom. The van der Waals surface area contributed by atoms with Gasteiger partial charge in [-0.25, -0.2) is 9.37 Å². The smallest absolute Gasteiger partial charge is 0.260 e. The molecule has 1 atom stereocenters. The predicted molar refractivity (Wildman–Crippen MR) is 82.6 cm³/mol. The molecule has 3 rings (SSSR count). The van der Waals surface area contributed by atoms with E-state index in [-0.39, 0.29) is 18.3 Å². The van der Waals surface area contributed by atoms with Crippen molar-refractivity contribution in [3.63, 3.8) is 0 Å². The highest BCUT2D eigenvalue weighted by Gasteiger charge is 2.26. The number of carbonyl (C=O) groups is 1. The normalized spacial score (nSPS) is 18.2. The molecule has 1 aliphatic heterocycles. The van der Waals surface area contributed by atoms with Crippen LogP contribution in [0.4, 0.5) is 4.39 Å². The number of aromatic nitrogens is 1. The molecule has 22 heavy (non-hydrogen) atoms. The first-order valence-electron chi connectivity index (χ1n) is 7.28. The van der Waals surface area contributed by atoms with Gasteiger partial charge < -0.3 is 9.64 Å². The minimum absolute atomic E-state index is 0.107. The second-order valence-electron chi connectivity index (χ2n) is 5.27. The standard InChI is InChI=1S/C16H17FN2O2S/c17-13-5-1-2-6-14(13)21-11-15(20)19-8-3-4-12(10-19)16-18-7-9-22-16/h1-2,5-7,9,12H,3-4,8,10-11H2/t12-/m0/s1. The van der Waals surface area contributed by atoms with Crippen molar-refractivity contribution >= 4 is 17.2 Å². The molecule has 6 heteroatoms. The molecule has 0 spiro atoms. The number of piperidine rings is 1. The summed E-state index contributed by atoms with van der Waals surface area (Å²) in [5.41, 5.74) is 0. The summed E-state index contributed by atoms with van der Waals surface area (Å²) in [5, 5.41) is 3.03. The molecule has 1 fully saturated rings. The Labute approximate surface area is 132 Å². The first kappa shape index (κ1) is 15.0. The Hall–Kier alpha value is -1.95. The zero-order valence-electron chi connectivity index (χ0n) is 12.1. The number of nitrogens with zero attached hydrogens (tertiary/aromatic N) is 2. The molecule has 0 radical (unpaired) electrons. The minimum atomic E-state index is -0.449. The second-order valence-corrected chi connectivity index (χ2v) is 6.19. The summed E-state index contributed by atoms with van der Waals surface area (Å²) in [5.74, 6) is -0.144. The molecular weight excluding hydrogens is 303 g/mol. The van der Waals surface area contributed by atoms with Crippen molar-refractivity contribution in [2.75, 3.05) is 19.7 Å². The molecule has 1 saturated heterocycles. The topological polar surface area (TPSA) is 42.4 Å². The lowest BCUT2D eigenvalue weighted by atomic mass is 9.99. The largest absolute Gasteiger partial charge is 0.481 e. The average molecular weight is 320 g/mol. The number of benzene rings is 1. The Bertz CT molecular complexity index is 633. The van der Waals surface area contributed by atoms with Crippen molar-refractivity contribution in [1.29, 1.82) is 0 Å². The van der Waals surface area contributed by atoms with Crippen LogP contribution in [-0.4, -0.2) is 35.5 Å². The van der Waals surface area contributed by atoms with E-state index in [1.807, 2.05) is 5.38 Å². The molecule has 2 aromatic rings. The van der Waals surface area contributed by atoms with E-state index >= 15 is 0 Å². The summed E-state index contributed by atoms with van der Waals surface area (Å²) in [7, 11) is 0. The van der Waals surface area contributed by atoms with Crippen LogP contribution in [0.25, 0.3) is 0 Å². The van der Waals surface area contributed by atoms with Crippen LogP contribution < -0.4 is 4.74 Å². The van der Waals surface area contributed by atoms with Crippen LogP contribution in [0, 0.1) is 5.82 Å². The number of thiazole rings is 1. The second kappa shape index (κ2) is 6.87. The van der Waals surface area contributed by atoms with Gasteiger partial charge in [-0.2, -0.15) is 0 Å². The first-order chi connectivity index (χ1) is 10.7. The lowest BCUT2D eigenvalue weighted by molar-refractivity contribution is -0.134. The molecule has 1 aromatic carbocycles. The van der Waals surface area contributed by atoms with Gasteiger partial charge in [0.1, 0.15) is 0 Å². The lowest BCUT2D eigenvalue weighted by Gasteiger charge is -2.31. The molecule has 0 unspecified atom stereocenters. The van der Waals surface area contributed by atoms with Gasteiger partial charge >= 0.3 is 0 Å². The quantitative estimate of drug-likeness (QED) is 0.869. The third-order valence-electron chi connectivity index (χ3n) is 3.76. The number of para-hydroxylation sites is 1. The van der Waals surface area contributed by atoms with Crippen molar-refractivity contribution in [3.8, 4) is 5.75 Å². The predicted octanol–water partition coefficient (Wildman–Crippen LogP) is 3.07. The van der Waals surface area contributed by atoms with Gasteiger partial charge in [0, 0.05) is 30.6 Å². The summed E-state index contributed by atoms with van der Waals surface area (Å²) in [6.45, 7) is 1.25. The fourth-order valence-electron chi connectivity index (χ4n) is 2.63. The number of hydrogen-bond donors (Lipinski definition) is 0. The zero-order chi connectivity index (χ0) is 15.4.